The van der Waals surface area contributed by atoms with E-state index in [2.05, 4.69) is 103 Å². The summed E-state index contributed by atoms with van der Waals surface area (Å²) in [5, 5.41) is 13.3. The van der Waals surface area contributed by atoms with Gasteiger partial charge in [-0.1, -0.05) is 66.7 Å². The number of hydrogen-bond acceptors (Lipinski definition) is 4. The van der Waals surface area contributed by atoms with Gasteiger partial charge in [0.05, 0.1) is 16.3 Å². The van der Waals surface area contributed by atoms with Crippen LogP contribution in [0.15, 0.2) is 103 Å². The molecule has 0 saturated carbocycles. The Hall–Kier alpha value is -2.30. The first-order valence-electron chi connectivity index (χ1n) is 9.59. The molecule has 3 aromatic rings. The van der Waals surface area contributed by atoms with Gasteiger partial charge in [-0.15, -0.1) is 0 Å². The van der Waals surface area contributed by atoms with Crippen molar-refractivity contribution >= 4 is 33.3 Å². The average Bonchev–Trinajstić information content (AvgIpc) is 2.75. The molecule has 30 heavy (non-hydrogen) atoms. The van der Waals surface area contributed by atoms with E-state index >= 15 is 0 Å². The molecule has 3 aromatic carbocycles. The number of allylic oxidation sites excluding steroid dienone is 1. The van der Waals surface area contributed by atoms with Gasteiger partial charge in [0.1, 0.15) is 23.2 Å². The molecular formula is C24H27O4PS. The second-order valence-electron chi connectivity index (χ2n) is 6.69. The maximum absolute atomic E-state index is 9.10. The van der Waals surface area contributed by atoms with Crippen molar-refractivity contribution in [1.82, 2.24) is 0 Å². The highest BCUT2D eigenvalue weighted by molar-refractivity contribution is 7.95. The summed E-state index contributed by atoms with van der Waals surface area (Å²) in [7, 11) is -5.68. The van der Waals surface area contributed by atoms with Gasteiger partial charge in [-0.25, -0.2) is 8.42 Å². The van der Waals surface area contributed by atoms with Gasteiger partial charge < -0.3 is 9.66 Å². The molecule has 6 heteroatoms. The van der Waals surface area contributed by atoms with Gasteiger partial charge >= 0.3 is 0 Å². The minimum atomic E-state index is -3.92. The van der Waals surface area contributed by atoms with E-state index in [1.165, 1.54) is 15.9 Å². The third kappa shape index (κ3) is 7.19. The van der Waals surface area contributed by atoms with Crippen molar-refractivity contribution in [3.05, 3.63) is 103 Å². The van der Waals surface area contributed by atoms with Gasteiger partial charge in [-0.05, 0) is 42.8 Å². The first-order chi connectivity index (χ1) is 14.4. The van der Waals surface area contributed by atoms with Crippen LogP contribution in [0.1, 0.15) is 6.42 Å². The molecule has 0 aliphatic heterocycles. The van der Waals surface area contributed by atoms with Crippen molar-refractivity contribution in [1.29, 1.82) is 0 Å². The third-order valence-corrected chi connectivity index (χ3v) is 8.73. The van der Waals surface area contributed by atoms with Crippen LogP contribution in [0.3, 0.4) is 0 Å². The van der Waals surface area contributed by atoms with E-state index in [1.807, 2.05) is 0 Å². The summed E-state index contributed by atoms with van der Waals surface area (Å²) in [6.07, 6.45) is 6.62. The lowest BCUT2D eigenvalue weighted by atomic mass is 10.3. The molecule has 1 N–H and O–H groups in total. The predicted molar refractivity (Wildman–Crippen MR) is 126 cm³/mol. The summed E-state index contributed by atoms with van der Waals surface area (Å²) >= 11 is 0. The van der Waals surface area contributed by atoms with Gasteiger partial charge in [0.15, 0.2) is 0 Å². The van der Waals surface area contributed by atoms with Gasteiger partial charge in [0.25, 0.3) is 0 Å². The van der Waals surface area contributed by atoms with Crippen molar-refractivity contribution < 1.29 is 18.1 Å². The summed E-state index contributed by atoms with van der Waals surface area (Å²) in [6.45, 7) is 0.198. The fraction of sp³-hybridized carbons (Fsp3) is 0.167. The standard InChI is InChI=1S/C23H24OP.CH4O3S/c24-19-11-4-12-20-25(21-13-5-1-6-14-21,22-15-7-2-8-16-22)23-17-9-3-10-18-23;1-5(2,3)4/h1-10,12-18,24H,11,19-20H2;1H3,(H,2,3,4)/q+1;/p-1/b12-4+;. The van der Waals surface area contributed by atoms with Crippen LogP contribution in [0.5, 0.6) is 0 Å². The fourth-order valence-electron chi connectivity index (χ4n) is 3.24. The first kappa shape index (κ1) is 24.0. The third-order valence-electron chi connectivity index (χ3n) is 4.43. The number of hydrogen-bond donors (Lipinski definition) is 1. The molecular weight excluding hydrogens is 415 g/mol. The molecule has 158 valence electrons. The highest BCUT2D eigenvalue weighted by Gasteiger charge is 2.43. The SMILES string of the molecule is CS(=O)(=O)[O-].OCC/C=C/C[P+](c1ccccc1)(c1ccccc1)c1ccccc1. The van der Waals surface area contributed by atoms with E-state index in [9.17, 15) is 0 Å². The smallest absolute Gasteiger partial charge is 0.115 e. The Morgan fingerprint density at radius 2 is 1.10 bits per heavy atom. The molecule has 0 bridgehead atoms. The molecule has 0 atom stereocenters. The van der Waals surface area contributed by atoms with Crippen LogP contribution >= 0.6 is 7.26 Å². The van der Waals surface area contributed by atoms with E-state index in [4.69, 9.17) is 18.1 Å². The Balaban J connectivity index is 0.000000575. The van der Waals surface area contributed by atoms with Gasteiger partial charge in [0, 0.05) is 12.9 Å². The van der Waals surface area contributed by atoms with E-state index in [-0.39, 0.29) is 6.61 Å². The molecule has 4 nitrogen and oxygen atoms in total. The molecule has 3 rings (SSSR count). The van der Waals surface area contributed by atoms with Gasteiger partial charge in [-0.2, -0.15) is 0 Å². The second-order valence-corrected chi connectivity index (χ2v) is 11.6. The lowest BCUT2D eigenvalue weighted by Gasteiger charge is -2.26. The van der Waals surface area contributed by atoms with Crippen molar-refractivity contribution in [3.8, 4) is 0 Å². The Kier molecular flexibility index (Phi) is 9.41. The molecule has 0 saturated heterocycles. The highest BCUT2D eigenvalue weighted by Crippen LogP contribution is 2.55. The largest absolute Gasteiger partial charge is 0.748 e. The monoisotopic (exact) mass is 442 g/mol. The highest BCUT2D eigenvalue weighted by atomic mass is 32.2. The Labute approximate surface area is 180 Å². The minimum Gasteiger partial charge on any atom is -0.748 e. The van der Waals surface area contributed by atoms with Crippen LogP contribution in [0.2, 0.25) is 0 Å². The molecule has 0 unspecified atom stereocenters. The van der Waals surface area contributed by atoms with Crippen molar-refractivity contribution in [2.24, 2.45) is 0 Å². The predicted octanol–water partition coefficient (Wildman–Crippen LogP) is 3.08. The zero-order valence-electron chi connectivity index (χ0n) is 17.0. The lowest BCUT2D eigenvalue weighted by Crippen LogP contribution is -2.32. The summed E-state index contributed by atoms with van der Waals surface area (Å²) in [5.41, 5.74) is 0. The molecule has 0 heterocycles. The molecule has 0 spiro atoms. The Bertz CT molecular complexity index is 900. The molecule has 0 aliphatic carbocycles. The maximum Gasteiger partial charge on any atom is 0.115 e. The Morgan fingerprint density at radius 1 is 0.767 bits per heavy atom. The molecule has 0 radical (unpaired) electrons. The zero-order valence-corrected chi connectivity index (χ0v) is 18.7. The van der Waals surface area contributed by atoms with E-state index in [0.717, 1.165) is 6.16 Å². The first-order valence-corrected chi connectivity index (χ1v) is 13.4. The Morgan fingerprint density at radius 3 is 1.40 bits per heavy atom. The van der Waals surface area contributed by atoms with Crippen LogP contribution in [0, 0.1) is 0 Å². The van der Waals surface area contributed by atoms with E-state index < -0.39 is 17.4 Å². The minimum absolute atomic E-state index is 0.198. The fourth-order valence-corrected chi connectivity index (χ4v) is 7.27. The van der Waals surface area contributed by atoms with Crippen molar-refractivity contribution in [3.63, 3.8) is 0 Å². The summed E-state index contributed by atoms with van der Waals surface area (Å²) < 4.78 is 27.2. The number of rotatable bonds is 7. The topological polar surface area (TPSA) is 77.4 Å². The maximum atomic E-state index is 9.10. The van der Waals surface area contributed by atoms with Crippen LogP contribution in [-0.2, 0) is 10.1 Å². The van der Waals surface area contributed by atoms with Gasteiger partial charge in [-0.3, -0.25) is 0 Å². The summed E-state index contributed by atoms with van der Waals surface area (Å²) in [5.74, 6) is 0. The average molecular weight is 443 g/mol. The lowest BCUT2D eigenvalue weighted by molar-refractivity contribution is 0.302. The summed E-state index contributed by atoms with van der Waals surface area (Å²) in [4.78, 5) is 0. The molecule has 0 fully saturated rings. The van der Waals surface area contributed by atoms with Crippen LogP contribution < -0.4 is 15.9 Å². The number of benzene rings is 3. The van der Waals surface area contributed by atoms with E-state index in [1.54, 1.807) is 0 Å². The zero-order chi connectivity index (χ0) is 21.9. The quantitative estimate of drug-likeness (QED) is 0.347. The number of aliphatic hydroxyl groups excluding tert-OH is 1. The van der Waals surface area contributed by atoms with Crippen molar-refractivity contribution in [2.75, 3.05) is 19.0 Å². The van der Waals surface area contributed by atoms with E-state index in [0.29, 0.717) is 12.7 Å². The van der Waals surface area contributed by atoms with Crippen LogP contribution in [0.4, 0.5) is 0 Å². The molecule has 0 aromatic heterocycles. The van der Waals surface area contributed by atoms with Crippen molar-refractivity contribution in [2.45, 2.75) is 6.42 Å². The molecule has 0 amide bonds. The van der Waals surface area contributed by atoms with Crippen LogP contribution in [-0.4, -0.2) is 37.1 Å². The summed E-state index contributed by atoms with van der Waals surface area (Å²) in [6, 6.07) is 32.6. The normalized spacial score (nSPS) is 11.7. The second kappa shape index (κ2) is 11.8. The molecule has 0 aliphatic rings. The van der Waals surface area contributed by atoms with Gasteiger partial charge in [0.2, 0.25) is 0 Å². The number of aliphatic hydroxyl groups is 1. The van der Waals surface area contributed by atoms with Crippen LogP contribution in [0.25, 0.3) is 0 Å².